The lowest BCUT2D eigenvalue weighted by atomic mass is 10.9. The zero-order valence-electron chi connectivity index (χ0n) is 5.36. The number of halogens is 1. The van der Waals surface area contributed by atoms with Crippen molar-refractivity contribution in [3.05, 3.63) is 18.7 Å². The molecule has 1 aromatic rings. The Labute approximate surface area is 68.5 Å². The maximum atomic E-state index is 10.2. The molecule has 0 amide bonds. The van der Waals surface area contributed by atoms with Crippen LogP contribution in [0.25, 0.3) is 0 Å². The third-order valence-electron chi connectivity index (χ3n) is 0.990. The van der Waals surface area contributed by atoms with Crippen LogP contribution >= 0.6 is 0 Å². The lowest BCUT2D eigenvalue weighted by Crippen LogP contribution is -3.00. The van der Waals surface area contributed by atoms with E-state index >= 15 is 0 Å². The summed E-state index contributed by atoms with van der Waals surface area (Å²) in [5.41, 5.74) is 0. The number of aryl methyl sites for hydroxylation is 1. The van der Waals surface area contributed by atoms with Gasteiger partial charge in [0.05, 0.1) is 7.05 Å². The van der Waals surface area contributed by atoms with Crippen LogP contribution in [0.4, 0.5) is 4.79 Å². The van der Waals surface area contributed by atoms with E-state index in [1.165, 1.54) is 12.5 Å². The molecule has 0 saturated heterocycles. The van der Waals surface area contributed by atoms with Crippen LogP contribution in [0.2, 0.25) is 0 Å². The highest BCUT2D eigenvalue weighted by atomic mass is 79.9. The fourth-order valence-electron chi connectivity index (χ4n) is 0.563. The van der Waals surface area contributed by atoms with E-state index in [1.807, 2.05) is 0 Å². The highest BCUT2D eigenvalue weighted by molar-refractivity contribution is 5.67. The number of carbonyl (C=O) groups is 1. The van der Waals surface area contributed by atoms with E-state index in [1.54, 1.807) is 17.8 Å². The maximum absolute atomic E-state index is 10.2. The molecule has 0 aromatic carbocycles. The highest BCUT2D eigenvalue weighted by Crippen LogP contribution is 1.79. The standard InChI is InChI=1S/C5H6N2O2.BrH/c1-6-2-3-7(4-6)5(8)9;/h2-4H,1H3;1H. The minimum absolute atomic E-state index is 0. The number of carboxylic acid groups (broad SMARTS) is 1. The van der Waals surface area contributed by atoms with Crippen molar-refractivity contribution >= 4 is 6.09 Å². The average Bonchev–Trinajstić information content (AvgIpc) is 2.14. The summed E-state index contributed by atoms with van der Waals surface area (Å²) in [6, 6.07) is 0. The van der Waals surface area contributed by atoms with Gasteiger partial charge in [0.1, 0.15) is 12.4 Å². The Balaban J connectivity index is 0.000000810. The molecule has 1 rings (SSSR count). The van der Waals surface area contributed by atoms with Crippen molar-refractivity contribution in [1.82, 2.24) is 4.57 Å². The summed E-state index contributed by atoms with van der Waals surface area (Å²) in [5, 5.41) is 8.35. The molecular weight excluding hydrogens is 200 g/mol. The number of rotatable bonds is 0. The minimum Gasteiger partial charge on any atom is -1.00 e. The van der Waals surface area contributed by atoms with Crippen molar-refractivity contribution in [2.24, 2.45) is 7.05 Å². The molecule has 1 N–H and O–H groups in total. The zero-order chi connectivity index (χ0) is 6.85. The van der Waals surface area contributed by atoms with Crippen LogP contribution in [-0.4, -0.2) is 15.8 Å². The number of nitrogens with zero attached hydrogens (tertiary/aromatic N) is 2. The average molecular weight is 207 g/mol. The van der Waals surface area contributed by atoms with Crippen LogP contribution in [-0.2, 0) is 7.05 Å². The summed E-state index contributed by atoms with van der Waals surface area (Å²) >= 11 is 0. The van der Waals surface area contributed by atoms with Crippen molar-refractivity contribution in [3.63, 3.8) is 0 Å². The van der Waals surface area contributed by atoms with Crippen LogP contribution < -0.4 is 21.5 Å². The third-order valence-corrected chi connectivity index (χ3v) is 0.990. The quantitative estimate of drug-likeness (QED) is 0.456. The summed E-state index contributed by atoms with van der Waals surface area (Å²) in [4.78, 5) is 10.2. The largest absolute Gasteiger partial charge is 1.00 e. The second-order valence-corrected chi connectivity index (χ2v) is 1.77. The molecule has 4 nitrogen and oxygen atoms in total. The van der Waals surface area contributed by atoms with Gasteiger partial charge in [-0.05, 0) is 0 Å². The highest BCUT2D eigenvalue weighted by Gasteiger charge is 2.06. The second-order valence-electron chi connectivity index (χ2n) is 1.77. The fourth-order valence-corrected chi connectivity index (χ4v) is 0.563. The van der Waals surface area contributed by atoms with E-state index < -0.39 is 6.09 Å². The molecule has 5 heteroatoms. The Kier molecular flexibility index (Phi) is 3.08. The smallest absolute Gasteiger partial charge is 0.509 e. The molecule has 0 unspecified atom stereocenters. The Morgan fingerprint density at radius 2 is 2.30 bits per heavy atom. The van der Waals surface area contributed by atoms with Crippen LogP contribution in [0.3, 0.4) is 0 Å². The third kappa shape index (κ3) is 1.84. The first-order valence-electron chi connectivity index (χ1n) is 2.46. The SMILES string of the molecule is C[n+]1ccn(C(=O)O)c1.[Br-]. The van der Waals surface area contributed by atoms with Gasteiger partial charge in [-0.25, -0.2) is 4.57 Å². The van der Waals surface area contributed by atoms with Crippen molar-refractivity contribution in [1.29, 1.82) is 0 Å². The van der Waals surface area contributed by atoms with Crippen LogP contribution in [0.5, 0.6) is 0 Å². The van der Waals surface area contributed by atoms with Gasteiger partial charge >= 0.3 is 6.09 Å². The second kappa shape index (κ2) is 3.36. The van der Waals surface area contributed by atoms with Gasteiger partial charge < -0.3 is 22.1 Å². The number of imidazole rings is 1. The molecule has 0 bridgehead atoms. The van der Waals surface area contributed by atoms with Gasteiger partial charge in [0, 0.05) is 0 Å². The Morgan fingerprint density at radius 1 is 1.70 bits per heavy atom. The monoisotopic (exact) mass is 206 g/mol. The van der Waals surface area contributed by atoms with Gasteiger partial charge in [-0.3, -0.25) is 0 Å². The summed E-state index contributed by atoms with van der Waals surface area (Å²) in [5.74, 6) is 0. The fraction of sp³-hybridized carbons (Fsp3) is 0.200. The van der Waals surface area contributed by atoms with E-state index in [0.717, 1.165) is 4.57 Å². The molecule has 1 aromatic heterocycles. The van der Waals surface area contributed by atoms with E-state index in [-0.39, 0.29) is 17.0 Å². The van der Waals surface area contributed by atoms with Crippen molar-refractivity contribution in [2.45, 2.75) is 0 Å². The summed E-state index contributed by atoms with van der Waals surface area (Å²) in [6.07, 6.45) is 3.65. The predicted octanol–water partition coefficient (Wildman–Crippen LogP) is -3.16. The first-order valence-corrected chi connectivity index (χ1v) is 2.46. The van der Waals surface area contributed by atoms with Gasteiger partial charge in [-0.1, -0.05) is 0 Å². The topological polar surface area (TPSA) is 46.1 Å². The van der Waals surface area contributed by atoms with E-state index in [0.29, 0.717) is 0 Å². The van der Waals surface area contributed by atoms with Crippen LogP contribution in [0.15, 0.2) is 18.7 Å². The molecule has 0 radical (unpaired) electrons. The van der Waals surface area contributed by atoms with Gasteiger partial charge in [-0.15, -0.1) is 4.57 Å². The zero-order valence-corrected chi connectivity index (χ0v) is 6.95. The van der Waals surface area contributed by atoms with Gasteiger partial charge in [0.25, 0.3) is 6.33 Å². The first kappa shape index (κ1) is 9.16. The summed E-state index contributed by atoms with van der Waals surface area (Å²) in [7, 11) is 1.76. The minimum atomic E-state index is -0.962. The predicted molar refractivity (Wildman–Crippen MR) is 29.0 cm³/mol. The van der Waals surface area contributed by atoms with Crippen molar-refractivity contribution in [3.8, 4) is 0 Å². The Morgan fingerprint density at radius 3 is 2.50 bits per heavy atom. The summed E-state index contributed by atoms with van der Waals surface area (Å²) in [6.45, 7) is 0. The maximum Gasteiger partial charge on any atom is 0.509 e. The van der Waals surface area contributed by atoms with Gasteiger partial charge in [0.15, 0.2) is 0 Å². The molecule has 0 saturated carbocycles. The molecule has 1 heterocycles. The molecular formula is C5H7BrN2O2. The van der Waals surface area contributed by atoms with Gasteiger partial charge in [-0.2, -0.15) is 4.79 Å². The van der Waals surface area contributed by atoms with E-state index in [9.17, 15) is 4.79 Å². The Bertz CT molecular complexity index is 233. The molecule has 0 aliphatic heterocycles. The number of hydrogen-bond donors (Lipinski definition) is 1. The van der Waals surface area contributed by atoms with Crippen LogP contribution in [0.1, 0.15) is 0 Å². The lowest BCUT2D eigenvalue weighted by Gasteiger charge is -1.78. The van der Waals surface area contributed by atoms with E-state index in [2.05, 4.69) is 0 Å². The Hall–Kier alpha value is -0.840. The molecule has 56 valence electrons. The molecule has 0 aliphatic carbocycles. The van der Waals surface area contributed by atoms with Crippen molar-refractivity contribution in [2.75, 3.05) is 0 Å². The van der Waals surface area contributed by atoms with E-state index in [4.69, 9.17) is 5.11 Å². The van der Waals surface area contributed by atoms with Gasteiger partial charge in [0.2, 0.25) is 0 Å². The van der Waals surface area contributed by atoms with Crippen molar-refractivity contribution < 1.29 is 31.4 Å². The molecule has 0 fully saturated rings. The first-order chi connectivity index (χ1) is 4.20. The normalized spacial score (nSPS) is 8.50. The molecule has 0 spiro atoms. The lowest BCUT2D eigenvalue weighted by molar-refractivity contribution is -0.670. The molecule has 0 aliphatic rings. The number of hydrogen-bond acceptors (Lipinski definition) is 1. The number of aromatic nitrogens is 2. The summed E-state index contributed by atoms with van der Waals surface area (Å²) < 4.78 is 2.74. The molecule has 10 heavy (non-hydrogen) atoms. The van der Waals surface area contributed by atoms with Crippen LogP contribution in [0, 0.1) is 0 Å². The molecule has 0 atom stereocenters.